The molecule has 0 aliphatic heterocycles. The summed E-state index contributed by atoms with van der Waals surface area (Å²) in [5.74, 6) is 2.38. The van der Waals surface area contributed by atoms with Crippen LogP contribution in [0, 0.1) is 6.92 Å². The first-order chi connectivity index (χ1) is 11.2. The predicted octanol–water partition coefficient (Wildman–Crippen LogP) is 4.14. The molecule has 3 aromatic rings. The van der Waals surface area contributed by atoms with E-state index in [1.165, 1.54) is 17.3 Å². The molecule has 2 heterocycles. The zero-order valence-corrected chi connectivity index (χ0v) is 14.6. The van der Waals surface area contributed by atoms with Crippen molar-refractivity contribution in [3.05, 3.63) is 41.6 Å². The molecular formula is C15H16N4O2S2. The van der Waals surface area contributed by atoms with Gasteiger partial charge in [-0.3, -0.25) is 0 Å². The van der Waals surface area contributed by atoms with Crippen molar-refractivity contribution in [2.24, 2.45) is 0 Å². The van der Waals surface area contributed by atoms with Crippen LogP contribution in [0.4, 0.5) is 0 Å². The summed E-state index contributed by atoms with van der Waals surface area (Å²) in [7, 11) is 0. The molecule has 0 saturated heterocycles. The molecule has 1 atom stereocenters. The van der Waals surface area contributed by atoms with E-state index in [2.05, 4.69) is 20.4 Å². The van der Waals surface area contributed by atoms with Crippen LogP contribution in [0.15, 0.2) is 38.3 Å². The monoisotopic (exact) mass is 348 g/mol. The maximum atomic E-state index is 5.76. The lowest BCUT2D eigenvalue weighted by molar-refractivity contribution is 0.424. The van der Waals surface area contributed by atoms with Gasteiger partial charge in [0.25, 0.3) is 5.22 Å². The fourth-order valence-corrected chi connectivity index (χ4v) is 2.98. The fraction of sp³-hybridized carbons (Fsp3) is 0.333. The first-order valence-electron chi connectivity index (χ1n) is 7.04. The molecule has 0 spiro atoms. The van der Waals surface area contributed by atoms with Crippen molar-refractivity contribution in [1.29, 1.82) is 0 Å². The van der Waals surface area contributed by atoms with Gasteiger partial charge in [0.2, 0.25) is 17.7 Å². The standard InChI is InChI=1S/C15H16N4O2S2/c1-9-4-6-11(7-5-9)14-18-17-13(21-14)10(2)23-15-19-16-12(20-15)8-22-3/h4-7,10H,8H2,1-3H3. The number of benzene rings is 1. The van der Waals surface area contributed by atoms with Crippen molar-refractivity contribution in [1.82, 2.24) is 20.4 Å². The lowest BCUT2D eigenvalue weighted by Gasteiger charge is -2.01. The van der Waals surface area contributed by atoms with Crippen LogP contribution >= 0.6 is 23.5 Å². The summed E-state index contributed by atoms with van der Waals surface area (Å²) in [5, 5.41) is 16.7. The summed E-state index contributed by atoms with van der Waals surface area (Å²) in [6.45, 7) is 4.01. The Morgan fingerprint density at radius 1 is 1.04 bits per heavy atom. The van der Waals surface area contributed by atoms with Crippen LogP contribution in [0.3, 0.4) is 0 Å². The third-order valence-electron chi connectivity index (χ3n) is 3.08. The zero-order valence-electron chi connectivity index (χ0n) is 13.0. The van der Waals surface area contributed by atoms with Gasteiger partial charge >= 0.3 is 0 Å². The second-order valence-electron chi connectivity index (χ2n) is 4.97. The Balaban J connectivity index is 1.70. The summed E-state index contributed by atoms with van der Waals surface area (Å²) < 4.78 is 11.3. The molecule has 0 fully saturated rings. The molecule has 0 saturated carbocycles. The predicted molar refractivity (Wildman–Crippen MR) is 90.3 cm³/mol. The largest absolute Gasteiger partial charge is 0.419 e. The Bertz CT molecular complexity index is 770. The Labute approximate surface area is 142 Å². The van der Waals surface area contributed by atoms with Gasteiger partial charge in [-0.25, -0.2) is 0 Å². The van der Waals surface area contributed by atoms with Crippen molar-refractivity contribution in [3.63, 3.8) is 0 Å². The van der Waals surface area contributed by atoms with Crippen molar-refractivity contribution >= 4 is 23.5 Å². The minimum Gasteiger partial charge on any atom is -0.419 e. The van der Waals surface area contributed by atoms with Crippen LogP contribution in [-0.2, 0) is 5.75 Å². The molecule has 6 nitrogen and oxygen atoms in total. The SMILES string of the molecule is CSCc1nnc(SC(C)c2nnc(-c3ccc(C)cc3)o2)o1. The van der Waals surface area contributed by atoms with Gasteiger partial charge < -0.3 is 8.83 Å². The van der Waals surface area contributed by atoms with Crippen LogP contribution in [0.2, 0.25) is 0 Å². The second-order valence-corrected chi connectivity index (χ2v) is 7.12. The lowest BCUT2D eigenvalue weighted by Crippen LogP contribution is -1.88. The van der Waals surface area contributed by atoms with E-state index < -0.39 is 0 Å². The number of hydrogen-bond acceptors (Lipinski definition) is 8. The van der Waals surface area contributed by atoms with Crippen molar-refractivity contribution < 1.29 is 8.83 Å². The molecule has 23 heavy (non-hydrogen) atoms. The molecule has 1 aromatic carbocycles. The van der Waals surface area contributed by atoms with Gasteiger partial charge in [-0.1, -0.05) is 29.5 Å². The molecular weight excluding hydrogens is 332 g/mol. The van der Waals surface area contributed by atoms with Gasteiger partial charge in [-0.15, -0.1) is 20.4 Å². The third kappa shape index (κ3) is 3.94. The molecule has 0 bridgehead atoms. The van der Waals surface area contributed by atoms with E-state index in [1.807, 2.05) is 44.4 Å². The smallest absolute Gasteiger partial charge is 0.277 e. The molecule has 2 aromatic heterocycles. The van der Waals surface area contributed by atoms with Crippen LogP contribution in [0.1, 0.15) is 29.5 Å². The Kier molecular flexibility index (Phi) is 5.02. The second kappa shape index (κ2) is 7.18. The highest BCUT2D eigenvalue weighted by molar-refractivity contribution is 7.99. The maximum absolute atomic E-state index is 5.76. The van der Waals surface area contributed by atoms with Crippen molar-refractivity contribution in [3.8, 4) is 11.5 Å². The number of rotatable bonds is 6. The van der Waals surface area contributed by atoms with Gasteiger partial charge in [-0.2, -0.15) is 11.8 Å². The molecule has 0 aliphatic carbocycles. The minimum atomic E-state index is -0.0655. The Morgan fingerprint density at radius 2 is 1.83 bits per heavy atom. The number of aromatic nitrogens is 4. The summed E-state index contributed by atoms with van der Waals surface area (Å²) in [4.78, 5) is 0. The van der Waals surface area contributed by atoms with E-state index in [-0.39, 0.29) is 5.25 Å². The normalized spacial score (nSPS) is 12.5. The molecule has 0 amide bonds. The fourth-order valence-electron chi connectivity index (χ4n) is 1.88. The maximum Gasteiger partial charge on any atom is 0.277 e. The zero-order chi connectivity index (χ0) is 16.2. The van der Waals surface area contributed by atoms with E-state index in [0.29, 0.717) is 28.6 Å². The molecule has 0 aliphatic rings. The highest BCUT2D eigenvalue weighted by atomic mass is 32.2. The minimum absolute atomic E-state index is 0.0655. The van der Waals surface area contributed by atoms with E-state index in [1.54, 1.807) is 11.8 Å². The van der Waals surface area contributed by atoms with E-state index in [4.69, 9.17) is 8.83 Å². The number of aryl methyl sites for hydroxylation is 1. The molecule has 1 unspecified atom stereocenters. The summed E-state index contributed by atoms with van der Waals surface area (Å²) >= 11 is 3.05. The van der Waals surface area contributed by atoms with Gasteiger partial charge in [0.15, 0.2) is 0 Å². The number of thioether (sulfide) groups is 2. The van der Waals surface area contributed by atoms with Crippen LogP contribution < -0.4 is 0 Å². The van der Waals surface area contributed by atoms with Crippen molar-refractivity contribution in [2.75, 3.05) is 6.26 Å². The lowest BCUT2D eigenvalue weighted by atomic mass is 10.1. The quantitative estimate of drug-likeness (QED) is 0.615. The van der Waals surface area contributed by atoms with Crippen LogP contribution in [0.5, 0.6) is 0 Å². The van der Waals surface area contributed by atoms with E-state index in [0.717, 1.165) is 5.56 Å². The first kappa shape index (κ1) is 16.1. The average Bonchev–Trinajstić information content (AvgIpc) is 3.18. The van der Waals surface area contributed by atoms with Gasteiger partial charge in [0, 0.05) is 5.56 Å². The number of nitrogens with zero attached hydrogens (tertiary/aromatic N) is 4. The molecule has 0 radical (unpaired) electrons. The van der Waals surface area contributed by atoms with E-state index >= 15 is 0 Å². The first-order valence-corrected chi connectivity index (χ1v) is 9.31. The highest BCUT2D eigenvalue weighted by Crippen LogP contribution is 2.34. The summed E-state index contributed by atoms with van der Waals surface area (Å²) in [5.41, 5.74) is 2.10. The topological polar surface area (TPSA) is 77.8 Å². The van der Waals surface area contributed by atoms with Crippen molar-refractivity contribution in [2.45, 2.75) is 30.1 Å². The molecule has 0 N–H and O–H groups in total. The van der Waals surface area contributed by atoms with Gasteiger partial charge in [-0.05, 0) is 32.2 Å². The third-order valence-corrected chi connectivity index (χ3v) is 4.54. The Morgan fingerprint density at radius 3 is 2.57 bits per heavy atom. The molecule has 8 heteroatoms. The van der Waals surface area contributed by atoms with Gasteiger partial charge in [0.05, 0.1) is 11.0 Å². The van der Waals surface area contributed by atoms with Crippen LogP contribution in [0.25, 0.3) is 11.5 Å². The summed E-state index contributed by atoms with van der Waals surface area (Å²) in [6.07, 6.45) is 1.99. The highest BCUT2D eigenvalue weighted by Gasteiger charge is 2.19. The summed E-state index contributed by atoms with van der Waals surface area (Å²) in [6, 6.07) is 7.97. The average molecular weight is 348 g/mol. The molecule has 120 valence electrons. The molecule has 3 rings (SSSR count). The van der Waals surface area contributed by atoms with E-state index in [9.17, 15) is 0 Å². The van der Waals surface area contributed by atoms with Gasteiger partial charge in [0.1, 0.15) is 0 Å². The Hall–Kier alpha value is -1.80. The van der Waals surface area contributed by atoms with Crippen LogP contribution in [-0.4, -0.2) is 26.7 Å². The number of hydrogen-bond donors (Lipinski definition) is 0.